The molecule has 0 aromatic heterocycles. The first-order valence-corrected chi connectivity index (χ1v) is 10.9. The Kier molecular flexibility index (Phi) is 3.18. The molecular formula is C26H29NO. The highest BCUT2D eigenvalue weighted by atomic mass is 16.2. The summed E-state index contributed by atoms with van der Waals surface area (Å²) in [4.78, 5) is 13.6. The summed E-state index contributed by atoms with van der Waals surface area (Å²) < 4.78 is 0. The molecule has 0 aliphatic heterocycles. The molecule has 0 spiro atoms. The van der Waals surface area contributed by atoms with Crippen LogP contribution in [0.15, 0.2) is 42.5 Å². The van der Waals surface area contributed by atoms with Crippen LogP contribution in [0.4, 0.5) is 5.69 Å². The number of fused-ring (bicyclic) bond motifs is 3. The molecule has 7 rings (SSSR count). The molecule has 0 heterocycles. The number of anilines is 1. The number of hydrogen-bond donors (Lipinski definition) is 1. The summed E-state index contributed by atoms with van der Waals surface area (Å²) in [6.07, 6.45) is 8.19. The second kappa shape index (κ2) is 5.28. The van der Waals surface area contributed by atoms with Crippen LogP contribution >= 0.6 is 0 Å². The van der Waals surface area contributed by atoms with Crippen molar-refractivity contribution in [3.8, 4) is 11.1 Å². The lowest BCUT2D eigenvalue weighted by Crippen LogP contribution is -2.58. The molecule has 4 fully saturated rings. The molecule has 2 atom stereocenters. The molecule has 4 bridgehead atoms. The Labute approximate surface area is 167 Å². The van der Waals surface area contributed by atoms with Crippen LogP contribution in [0.1, 0.15) is 63.5 Å². The minimum atomic E-state index is -0.148. The zero-order valence-corrected chi connectivity index (χ0v) is 17.0. The summed E-state index contributed by atoms with van der Waals surface area (Å²) in [5, 5.41) is 3.35. The van der Waals surface area contributed by atoms with Crippen LogP contribution in [0.3, 0.4) is 0 Å². The summed E-state index contributed by atoms with van der Waals surface area (Å²) in [6, 6.07) is 15.1. The van der Waals surface area contributed by atoms with Gasteiger partial charge in [0.15, 0.2) is 0 Å². The average molecular weight is 372 g/mol. The molecule has 2 nitrogen and oxygen atoms in total. The molecule has 28 heavy (non-hydrogen) atoms. The van der Waals surface area contributed by atoms with Gasteiger partial charge < -0.3 is 5.32 Å². The Morgan fingerprint density at radius 1 is 0.893 bits per heavy atom. The molecule has 5 aliphatic rings. The molecule has 0 saturated heterocycles. The van der Waals surface area contributed by atoms with E-state index in [1.807, 2.05) is 0 Å². The van der Waals surface area contributed by atoms with Crippen LogP contribution in [-0.2, 0) is 11.2 Å². The van der Waals surface area contributed by atoms with E-state index in [9.17, 15) is 4.79 Å². The fourth-order valence-corrected chi connectivity index (χ4v) is 8.19. The predicted molar refractivity (Wildman–Crippen MR) is 113 cm³/mol. The molecule has 144 valence electrons. The van der Waals surface area contributed by atoms with Crippen molar-refractivity contribution in [2.75, 3.05) is 5.32 Å². The quantitative estimate of drug-likeness (QED) is 0.571. The maximum Gasteiger partial charge on any atom is 0.230 e. The zero-order valence-electron chi connectivity index (χ0n) is 17.0. The molecule has 2 heteroatoms. The van der Waals surface area contributed by atoms with E-state index in [0.29, 0.717) is 10.8 Å². The van der Waals surface area contributed by atoms with Crippen molar-refractivity contribution < 1.29 is 4.79 Å². The normalized spacial score (nSPS) is 36.9. The van der Waals surface area contributed by atoms with E-state index in [-0.39, 0.29) is 11.3 Å². The van der Waals surface area contributed by atoms with E-state index in [0.717, 1.165) is 37.3 Å². The van der Waals surface area contributed by atoms with Crippen molar-refractivity contribution in [1.29, 1.82) is 0 Å². The van der Waals surface area contributed by atoms with Crippen molar-refractivity contribution in [3.05, 3.63) is 53.6 Å². The summed E-state index contributed by atoms with van der Waals surface area (Å²) in [5.41, 5.74) is 6.95. The topological polar surface area (TPSA) is 29.1 Å². The Balaban J connectivity index is 1.29. The number of nitrogens with one attached hydrogen (secondary N) is 1. The Hall–Kier alpha value is -2.09. The number of carbonyl (C=O) groups is 1. The maximum atomic E-state index is 13.6. The zero-order chi connectivity index (χ0) is 19.1. The Morgan fingerprint density at radius 3 is 2.36 bits per heavy atom. The summed E-state index contributed by atoms with van der Waals surface area (Å²) in [7, 11) is 0. The third kappa shape index (κ3) is 2.36. The lowest BCUT2D eigenvalue weighted by atomic mass is 9.40. The van der Waals surface area contributed by atoms with E-state index < -0.39 is 0 Å². The predicted octanol–water partition coefficient (Wildman–Crippen LogP) is 6.19. The van der Waals surface area contributed by atoms with Crippen molar-refractivity contribution >= 4 is 11.6 Å². The van der Waals surface area contributed by atoms with Gasteiger partial charge in [-0.25, -0.2) is 0 Å². The fourth-order valence-electron chi connectivity index (χ4n) is 8.19. The van der Waals surface area contributed by atoms with Crippen LogP contribution in [0.2, 0.25) is 0 Å². The molecule has 1 N–H and O–H groups in total. The second-order valence-corrected chi connectivity index (χ2v) is 11.1. The molecular weight excluding hydrogens is 342 g/mol. The smallest absolute Gasteiger partial charge is 0.230 e. The highest BCUT2D eigenvalue weighted by molar-refractivity contribution is 5.96. The fraction of sp³-hybridized carbons (Fsp3) is 0.500. The highest BCUT2D eigenvalue weighted by Crippen LogP contribution is 2.69. The number of carbonyl (C=O) groups excluding carboxylic acids is 1. The third-order valence-corrected chi connectivity index (χ3v) is 8.16. The van der Waals surface area contributed by atoms with Gasteiger partial charge in [0.25, 0.3) is 0 Å². The minimum absolute atomic E-state index is 0.148. The van der Waals surface area contributed by atoms with Crippen molar-refractivity contribution in [2.24, 2.45) is 22.2 Å². The largest absolute Gasteiger partial charge is 0.326 e. The summed E-state index contributed by atoms with van der Waals surface area (Å²) in [5.74, 6) is 1.02. The van der Waals surface area contributed by atoms with Crippen LogP contribution in [0, 0.1) is 22.2 Å². The van der Waals surface area contributed by atoms with Gasteiger partial charge in [-0.15, -0.1) is 0 Å². The van der Waals surface area contributed by atoms with Crippen molar-refractivity contribution in [3.63, 3.8) is 0 Å². The van der Waals surface area contributed by atoms with Gasteiger partial charge >= 0.3 is 0 Å². The lowest BCUT2D eigenvalue weighted by Gasteiger charge is -2.64. The molecule has 2 aromatic carbocycles. The van der Waals surface area contributed by atoms with Crippen LogP contribution in [-0.4, -0.2) is 5.91 Å². The number of benzene rings is 2. The van der Waals surface area contributed by atoms with Gasteiger partial charge in [0, 0.05) is 5.69 Å². The minimum Gasteiger partial charge on any atom is -0.326 e. The molecule has 5 aliphatic carbocycles. The van der Waals surface area contributed by atoms with E-state index in [1.54, 1.807) is 0 Å². The van der Waals surface area contributed by atoms with E-state index in [1.165, 1.54) is 41.5 Å². The molecule has 0 radical (unpaired) electrons. The van der Waals surface area contributed by atoms with Crippen LogP contribution in [0.25, 0.3) is 11.1 Å². The molecule has 2 aromatic rings. The molecule has 1 amide bonds. The van der Waals surface area contributed by atoms with E-state index in [4.69, 9.17) is 0 Å². The van der Waals surface area contributed by atoms with E-state index >= 15 is 0 Å². The molecule has 4 saturated carbocycles. The lowest BCUT2D eigenvalue weighted by molar-refractivity contribution is -0.165. The number of hydrogen-bond acceptors (Lipinski definition) is 1. The van der Waals surface area contributed by atoms with E-state index in [2.05, 4.69) is 61.6 Å². The maximum absolute atomic E-state index is 13.6. The summed E-state index contributed by atoms with van der Waals surface area (Å²) in [6.45, 7) is 4.87. The van der Waals surface area contributed by atoms with Crippen molar-refractivity contribution in [2.45, 2.75) is 58.8 Å². The van der Waals surface area contributed by atoms with Gasteiger partial charge in [-0.1, -0.05) is 44.2 Å². The monoisotopic (exact) mass is 371 g/mol. The Bertz CT molecular complexity index is 987. The first-order valence-electron chi connectivity index (χ1n) is 10.9. The Morgan fingerprint density at radius 2 is 1.61 bits per heavy atom. The second-order valence-electron chi connectivity index (χ2n) is 11.1. The summed E-state index contributed by atoms with van der Waals surface area (Å²) >= 11 is 0. The number of amides is 1. The van der Waals surface area contributed by atoms with Gasteiger partial charge in [0.05, 0.1) is 5.41 Å². The van der Waals surface area contributed by atoms with Crippen molar-refractivity contribution in [1.82, 2.24) is 0 Å². The van der Waals surface area contributed by atoms with Crippen LogP contribution in [0.5, 0.6) is 0 Å². The van der Waals surface area contributed by atoms with Gasteiger partial charge in [-0.3, -0.25) is 4.79 Å². The van der Waals surface area contributed by atoms with Crippen LogP contribution < -0.4 is 5.32 Å². The first kappa shape index (κ1) is 16.8. The third-order valence-electron chi connectivity index (χ3n) is 8.16. The average Bonchev–Trinajstić information content (AvgIpc) is 2.96. The van der Waals surface area contributed by atoms with Gasteiger partial charge in [-0.05, 0) is 96.1 Å². The SMILES string of the molecule is CC12CC3CC(C)(C1)CC(C(=O)Nc1ccc4c(c1)Cc1ccccc1-4)(C3)C2. The van der Waals surface area contributed by atoms with Gasteiger partial charge in [-0.2, -0.15) is 0 Å². The van der Waals surface area contributed by atoms with Gasteiger partial charge in [0.2, 0.25) is 5.91 Å². The standard InChI is InChI=1S/C26H29NO/c1-24-11-17-12-25(2,14-24)16-26(13-17,15-24)23(28)27-20-7-8-22-19(10-20)9-18-5-3-4-6-21(18)22/h3-8,10,17H,9,11-16H2,1-2H3,(H,27,28). The van der Waals surface area contributed by atoms with Gasteiger partial charge in [0.1, 0.15) is 0 Å². The molecule has 2 unspecified atom stereocenters. The highest BCUT2D eigenvalue weighted by Gasteiger charge is 2.62. The first-order chi connectivity index (χ1) is 13.4. The number of rotatable bonds is 2.